The number of aromatic nitrogens is 5. The van der Waals surface area contributed by atoms with Crippen LogP contribution in [-0.4, -0.2) is 51.3 Å². The van der Waals surface area contributed by atoms with Gasteiger partial charge >= 0.3 is 0 Å². The van der Waals surface area contributed by atoms with Crippen molar-refractivity contribution in [3.8, 4) is 11.4 Å². The molecular weight excluding hydrogens is 310 g/mol. The lowest BCUT2D eigenvalue weighted by molar-refractivity contribution is 0.637. The molecule has 0 unspecified atom stereocenters. The molecule has 0 amide bonds. The van der Waals surface area contributed by atoms with Crippen LogP contribution in [0.2, 0.25) is 0 Å². The Morgan fingerprint density at radius 3 is 2.48 bits per heavy atom. The number of anilines is 2. The van der Waals surface area contributed by atoms with Crippen LogP contribution in [0.3, 0.4) is 0 Å². The van der Waals surface area contributed by atoms with E-state index in [1.165, 1.54) is 0 Å². The van der Waals surface area contributed by atoms with Gasteiger partial charge in [-0.15, -0.1) is 10.2 Å². The second-order valence-electron chi connectivity index (χ2n) is 5.15. The lowest BCUT2D eigenvalue weighted by Crippen LogP contribution is -2.47. The quantitative estimate of drug-likeness (QED) is 0.726. The lowest BCUT2D eigenvalue weighted by Gasteiger charge is -2.34. The molecule has 1 aliphatic heterocycles. The fourth-order valence-electron chi connectivity index (χ4n) is 2.56. The van der Waals surface area contributed by atoms with Gasteiger partial charge in [0.2, 0.25) is 11.1 Å². The smallest absolute Gasteiger partial charge is 0.226 e. The van der Waals surface area contributed by atoms with Crippen LogP contribution in [0.5, 0.6) is 0 Å². The highest BCUT2D eigenvalue weighted by molar-refractivity contribution is 7.13. The molecule has 0 aliphatic carbocycles. The normalized spacial score (nSPS) is 15.0. The zero-order chi connectivity index (χ0) is 15.5. The predicted molar refractivity (Wildman–Crippen MR) is 89.6 cm³/mol. The Morgan fingerprint density at radius 1 is 0.870 bits per heavy atom. The van der Waals surface area contributed by atoms with E-state index in [4.69, 9.17) is 0 Å². The van der Waals surface area contributed by atoms with Gasteiger partial charge in [-0.1, -0.05) is 17.4 Å². The van der Waals surface area contributed by atoms with Crippen LogP contribution in [0.15, 0.2) is 42.2 Å². The summed E-state index contributed by atoms with van der Waals surface area (Å²) < 4.78 is 0. The molecule has 3 aromatic heterocycles. The van der Waals surface area contributed by atoms with Crippen LogP contribution in [-0.2, 0) is 0 Å². The highest BCUT2D eigenvalue weighted by Gasteiger charge is 2.21. The number of hydrogen-bond acceptors (Lipinski definition) is 8. The van der Waals surface area contributed by atoms with E-state index in [0.29, 0.717) is 0 Å². The van der Waals surface area contributed by atoms with Crippen molar-refractivity contribution in [1.29, 1.82) is 0 Å². The second-order valence-corrected chi connectivity index (χ2v) is 5.96. The Kier molecular flexibility index (Phi) is 3.81. The Balaban J connectivity index is 1.49. The van der Waals surface area contributed by atoms with Crippen LogP contribution < -0.4 is 9.80 Å². The molecule has 8 heteroatoms. The van der Waals surface area contributed by atoms with Gasteiger partial charge in [0.15, 0.2) is 0 Å². The first-order valence-electron chi connectivity index (χ1n) is 7.41. The third-order valence-corrected chi connectivity index (χ3v) is 4.50. The number of nitrogens with zero attached hydrogens (tertiary/aromatic N) is 7. The SMILES string of the molecule is c1ccc(-c2ccnc(N3CCN(c4nncs4)CC3)n2)nc1. The molecule has 1 aliphatic rings. The first-order chi connectivity index (χ1) is 11.4. The second kappa shape index (κ2) is 6.25. The Labute approximate surface area is 137 Å². The minimum atomic E-state index is 0.755. The Bertz CT molecular complexity index is 755. The van der Waals surface area contributed by atoms with Crippen molar-refractivity contribution in [3.63, 3.8) is 0 Å². The van der Waals surface area contributed by atoms with Gasteiger partial charge in [-0.2, -0.15) is 0 Å². The molecule has 0 radical (unpaired) electrons. The summed E-state index contributed by atoms with van der Waals surface area (Å²) in [5.41, 5.74) is 3.48. The molecule has 4 rings (SSSR count). The van der Waals surface area contributed by atoms with Crippen molar-refractivity contribution in [2.24, 2.45) is 0 Å². The monoisotopic (exact) mass is 325 g/mol. The topological polar surface area (TPSA) is 70.9 Å². The van der Waals surface area contributed by atoms with E-state index >= 15 is 0 Å². The first-order valence-corrected chi connectivity index (χ1v) is 8.28. The third-order valence-electron chi connectivity index (χ3n) is 3.75. The van der Waals surface area contributed by atoms with Crippen molar-refractivity contribution in [2.75, 3.05) is 36.0 Å². The summed E-state index contributed by atoms with van der Waals surface area (Å²) in [5.74, 6) is 0.755. The van der Waals surface area contributed by atoms with E-state index < -0.39 is 0 Å². The van der Waals surface area contributed by atoms with Gasteiger partial charge < -0.3 is 9.80 Å². The molecule has 7 nitrogen and oxygen atoms in total. The standard InChI is InChI=1S/C15H15N7S/c1-2-5-16-12(3-1)13-4-6-17-14(19-13)21-7-9-22(10-8-21)15-20-18-11-23-15/h1-6,11H,7-10H2. The largest absolute Gasteiger partial charge is 0.343 e. The van der Waals surface area contributed by atoms with Crippen LogP contribution in [0.25, 0.3) is 11.4 Å². The fourth-order valence-corrected chi connectivity index (χ4v) is 3.17. The maximum Gasteiger partial charge on any atom is 0.226 e. The van der Waals surface area contributed by atoms with E-state index in [-0.39, 0.29) is 0 Å². The van der Waals surface area contributed by atoms with Crippen molar-refractivity contribution in [3.05, 3.63) is 42.2 Å². The molecule has 116 valence electrons. The molecular formula is C15H15N7S. The maximum atomic E-state index is 4.66. The average Bonchev–Trinajstić information content (AvgIpc) is 3.17. The Morgan fingerprint density at radius 2 is 1.74 bits per heavy atom. The average molecular weight is 325 g/mol. The molecule has 23 heavy (non-hydrogen) atoms. The molecule has 0 atom stereocenters. The first kappa shape index (κ1) is 14.0. The fraction of sp³-hybridized carbons (Fsp3) is 0.267. The van der Waals surface area contributed by atoms with Crippen molar-refractivity contribution in [2.45, 2.75) is 0 Å². The van der Waals surface area contributed by atoms with Crippen molar-refractivity contribution in [1.82, 2.24) is 25.1 Å². The summed E-state index contributed by atoms with van der Waals surface area (Å²) in [4.78, 5) is 17.9. The lowest BCUT2D eigenvalue weighted by atomic mass is 10.2. The molecule has 0 spiro atoms. The zero-order valence-corrected chi connectivity index (χ0v) is 13.2. The van der Waals surface area contributed by atoms with E-state index in [2.05, 4.69) is 34.9 Å². The van der Waals surface area contributed by atoms with E-state index in [1.807, 2.05) is 24.3 Å². The summed E-state index contributed by atoms with van der Waals surface area (Å²) in [7, 11) is 0. The third kappa shape index (κ3) is 2.98. The predicted octanol–water partition coefficient (Wildman–Crippen LogP) is 1.72. The molecule has 0 aromatic carbocycles. The summed E-state index contributed by atoms with van der Waals surface area (Å²) >= 11 is 1.57. The van der Waals surface area contributed by atoms with Crippen LogP contribution in [0.4, 0.5) is 11.1 Å². The van der Waals surface area contributed by atoms with Crippen molar-refractivity contribution >= 4 is 22.4 Å². The van der Waals surface area contributed by atoms with Crippen LogP contribution in [0, 0.1) is 0 Å². The van der Waals surface area contributed by atoms with E-state index in [1.54, 1.807) is 29.2 Å². The summed E-state index contributed by atoms with van der Waals surface area (Å²) in [6, 6.07) is 7.71. The summed E-state index contributed by atoms with van der Waals surface area (Å²) in [6.07, 6.45) is 3.57. The van der Waals surface area contributed by atoms with Gasteiger partial charge in [-0.05, 0) is 18.2 Å². The minimum Gasteiger partial charge on any atom is -0.343 e. The molecule has 0 bridgehead atoms. The van der Waals surface area contributed by atoms with Crippen LogP contribution in [0.1, 0.15) is 0 Å². The number of piperazine rings is 1. The van der Waals surface area contributed by atoms with E-state index in [0.717, 1.165) is 48.6 Å². The number of hydrogen-bond donors (Lipinski definition) is 0. The number of pyridine rings is 1. The molecule has 0 saturated carbocycles. The van der Waals surface area contributed by atoms with Crippen LogP contribution >= 0.6 is 11.3 Å². The van der Waals surface area contributed by atoms with Crippen molar-refractivity contribution < 1.29 is 0 Å². The zero-order valence-electron chi connectivity index (χ0n) is 12.4. The molecule has 3 aromatic rings. The summed E-state index contributed by atoms with van der Waals surface area (Å²) in [6.45, 7) is 3.52. The molecule has 4 heterocycles. The van der Waals surface area contributed by atoms with Gasteiger partial charge in [0.05, 0.1) is 11.4 Å². The van der Waals surface area contributed by atoms with Gasteiger partial charge in [-0.25, -0.2) is 9.97 Å². The molecule has 0 N–H and O–H groups in total. The summed E-state index contributed by atoms with van der Waals surface area (Å²) in [5, 5.41) is 9.01. The minimum absolute atomic E-state index is 0.755. The highest BCUT2D eigenvalue weighted by Crippen LogP contribution is 2.21. The number of rotatable bonds is 3. The van der Waals surface area contributed by atoms with Gasteiger partial charge in [0, 0.05) is 38.6 Å². The Hall–Kier alpha value is -2.61. The highest BCUT2D eigenvalue weighted by atomic mass is 32.1. The van der Waals surface area contributed by atoms with E-state index in [9.17, 15) is 0 Å². The maximum absolute atomic E-state index is 4.66. The molecule has 1 fully saturated rings. The van der Waals surface area contributed by atoms with Gasteiger partial charge in [-0.3, -0.25) is 4.98 Å². The van der Waals surface area contributed by atoms with Gasteiger partial charge in [0.1, 0.15) is 5.51 Å². The van der Waals surface area contributed by atoms with Gasteiger partial charge in [0.25, 0.3) is 0 Å². The molecule has 1 saturated heterocycles.